The van der Waals surface area contributed by atoms with Crippen molar-refractivity contribution in [2.75, 3.05) is 51.2 Å². The number of benzene rings is 2. The highest BCUT2D eigenvalue weighted by molar-refractivity contribution is 14.0. The van der Waals surface area contributed by atoms with E-state index >= 15 is 0 Å². The minimum absolute atomic E-state index is 0. The Labute approximate surface area is 212 Å². The zero-order valence-corrected chi connectivity index (χ0v) is 21.3. The van der Waals surface area contributed by atoms with Crippen LogP contribution in [0, 0.1) is 5.82 Å². The second-order valence-corrected chi connectivity index (χ2v) is 7.97. The molecule has 2 heterocycles. The predicted molar refractivity (Wildman–Crippen MR) is 145 cm³/mol. The third-order valence-electron chi connectivity index (χ3n) is 5.92. The molecule has 1 fully saturated rings. The molecule has 2 N–H and O–H groups in total. The van der Waals surface area contributed by atoms with Crippen LogP contribution in [-0.2, 0) is 6.54 Å². The van der Waals surface area contributed by atoms with Crippen molar-refractivity contribution in [2.45, 2.75) is 13.0 Å². The minimum Gasteiger partial charge on any atom is -0.367 e. The molecule has 176 valence electrons. The lowest BCUT2D eigenvalue weighted by Crippen LogP contribution is -2.47. The Bertz CT molecular complexity index is 1050. The zero-order chi connectivity index (χ0) is 22.2. The van der Waals surface area contributed by atoms with E-state index in [9.17, 15) is 4.39 Å². The Hall–Kier alpha value is -2.46. The maximum absolute atomic E-state index is 14.0. The molecule has 1 aliphatic rings. The van der Waals surface area contributed by atoms with Crippen molar-refractivity contribution in [3.8, 4) is 0 Å². The summed E-state index contributed by atoms with van der Waals surface area (Å²) in [6, 6.07) is 17.3. The van der Waals surface area contributed by atoms with Crippen LogP contribution in [0.3, 0.4) is 0 Å². The summed E-state index contributed by atoms with van der Waals surface area (Å²) in [5.74, 6) is 0.666. The minimum atomic E-state index is -0.135. The highest BCUT2D eigenvalue weighted by atomic mass is 127. The van der Waals surface area contributed by atoms with Gasteiger partial charge in [-0.15, -0.1) is 24.0 Å². The molecule has 4 rings (SSSR count). The molecule has 8 heteroatoms. The number of nitrogens with zero attached hydrogens (tertiary/aromatic N) is 4. The smallest absolute Gasteiger partial charge is 0.191 e. The van der Waals surface area contributed by atoms with E-state index in [4.69, 9.17) is 0 Å². The highest BCUT2D eigenvalue weighted by Crippen LogP contribution is 2.20. The molecule has 3 aromatic rings. The van der Waals surface area contributed by atoms with Crippen LogP contribution in [0.4, 0.5) is 10.1 Å². The van der Waals surface area contributed by atoms with Gasteiger partial charge >= 0.3 is 0 Å². The van der Waals surface area contributed by atoms with Gasteiger partial charge in [0, 0.05) is 57.9 Å². The van der Waals surface area contributed by atoms with Gasteiger partial charge in [0.25, 0.3) is 0 Å². The molecule has 6 nitrogen and oxygen atoms in total. The number of nitrogens with one attached hydrogen (secondary N) is 2. The van der Waals surface area contributed by atoms with Crippen LogP contribution in [0.1, 0.15) is 12.0 Å². The fourth-order valence-corrected chi connectivity index (χ4v) is 4.14. The molecule has 2 aromatic carbocycles. The molecular formula is C25H32FIN6. The summed E-state index contributed by atoms with van der Waals surface area (Å²) in [6.07, 6.45) is 2.88. The summed E-state index contributed by atoms with van der Waals surface area (Å²) in [4.78, 5) is 13.3. The average molecular weight is 562 g/mol. The number of halogens is 2. The largest absolute Gasteiger partial charge is 0.367 e. The van der Waals surface area contributed by atoms with Gasteiger partial charge in [0.2, 0.25) is 0 Å². The number of hydrogen-bond acceptors (Lipinski definition) is 4. The van der Waals surface area contributed by atoms with Gasteiger partial charge < -0.3 is 15.5 Å². The van der Waals surface area contributed by atoms with E-state index in [1.54, 1.807) is 13.1 Å². The molecule has 0 amide bonds. The Morgan fingerprint density at radius 3 is 2.55 bits per heavy atom. The van der Waals surface area contributed by atoms with Gasteiger partial charge in [-0.2, -0.15) is 0 Å². The van der Waals surface area contributed by atoms with Gasteiger partial charge in [-0.3, -0.25) is 14.9 Å². The number of hydrogen-bond donors (Lipinski definition) is 2. The number of pyridine rings is 1. The van der Waals surface area contributed by atoms with Gasteiger partial charge in [-0.05, 0) is 42.8 Å². The SMILES string of the molecule is CN=C(NCCCN1CCN(c2ccccc2F)CC1)NCc1ccnc2ccccc12.I. The third kappa shape index (κ3) is 6.77. The van der Waals surface area contributed by atoms with E-state index in [-0.39, 0.29) is 29.8 Å². The Balaban J connectivity index is 0.00000306. The van der Waals surface area contributed by atoms with Crippen LogP contribution in [0.5, 0.6) is 0 Å². The molecule has 1 aliphatic heterocycles. The van der Waals surface area contributed by atoms with Crippen LogP contribution in [0.25, 0.3) is 10.9 Å². The fourth-order valence-electron chi connectivity index (χ4n) is 4.14. The van der Waals surface area contributed by atoms with E-state index in [1.165, 1.54) is 11.6 Å². The van der Waals surface area contributed by atoms with Crippen LogP contribution in [-0.4, -0.2) is 62.2 Å². The van der Waals surface area contributed by atoms with E-state index in [0.717, 1.165) is 62.6 Å². The number of piperazine rings is 1. The standard InChI is InChI=1S/C25H31FN6.HI/c1-27-25(30-19-20-11-13-28-23-9-4-2-7-21(20)23)29-12-6-14-31-15-17-32(18-16-31)24-10-5-3-8-22(24)26;/h2-5,7-11,13H,6,12,14-19H2,1H3,(H2,27,29,30);1H. The van der Waals surface area contributed by atoms with Crippen molar-refractivity contribution in [1.82, 2.24) is 20.5 Å². The molecule has 0 bridgehead atoms. The first-order valence-electron chi connectivity index (χ1n) is 11.2. The van der Waals surface area contributed by atoms with Crippen molar-refractivity contribution >= 4 is 46.5 Å². The van der Waals surface area contributed by atoms with E-state index < -0.39 is 0 Å². The van der Waals surface area contributed by atoms with Crippen molar-refractivity contribution in [3.63, 3.8) is 0 Å². The van der Waals surface area contributed by atoms with Crippen molar-refractivity contribution in [1.29, 1.82) is 0 Å². The van der Waals surface area contributed by atoms with Crippen molar-refractivity contribution in [2.24, 2.45) is 4.99 Å². The van der Waals surface area contributed by atoms with Crippen molar-refractivity contribution in [3.05, 3.63) is 72.2 Å². The summed E-state index contributed by atoms with van der Waals surface area (Å²) < 4.78 is 14.0. The molecule has 0 unspecified atom stereocenters. The topological polar surface area (TPSA) is 55.8 Å². The molecule has 33 heavy (non-hydrogen) atoms. The van der Waals surface area contributed by atoms with Crippen molar-refractivity contribution < 1.29 is 4.39 Å². The van der Waals surface area contributed by atoms with Gasteiger partial charge in [0.1, 0.15) is 5.82 Å². The van der Waals surface area contributed by atoms with Gasteiger partial charge in [0.05, 0.1) is 11.2 Å². The first-order valence-corrected chi connectivity index (χ1v) is 11.2. The summed E-state index contributed by atoms with van der Waals surface area (Å²) in [5, 5.41) is 7.97. The Kier molecular flexibility index (Phi) is 9.68. The zero-order valence-electron chi connectivity index (χ0n) is 19.0. The molecule has 0 atom stereocenters. The van der Waals surface area contributed by atoms with Crippen LogP contribution < -0.4 is 15.5 Å². The predicted octanol–water partition coefficient (Wildman–Crippen LogP) is 3.87. The summed E-state index contributed by atoms with van der Waals surface area (Å²) in [5.41, 5.74) is 2.92. The van der Waals surface area contributed by atoms with Gasteiger partial charge in [-0.25, -0.2) is 4.39 Å². The highest BCUT2D eigenvalue weighted by Gasteiger charge is 2.18. The number of aromatic nitrogens is 1. The van der Waals surface area contributed by atoms with Crippen LogP contribution in [0.2, 0.25) is 0 Å². The lowest BCUT2D eigenvalue weighted by molar-refractivity contribution is 0.254. The van der Waals surface area contributed by atoms with E-state index in [1.807, 2.05) is 42.6 Å². The summed E-state index contributed by atoms with van der Waals surface area (Å²) >= 11 is 0. The molecular weight excluding hydrogens is 530 g/mol. The third-order valence-corrected chi connectivity index (χ3v) is 5.92. The normalized spacial score (nSPS) is 14.7. The molecule has 1 aromatic heterocycles. The molecule has 0 aliphatic carbocycles. The monoisotopic (exact) mass is 562 g/mol. The second-order valence-electron chi connectivity index (χ2n) is 7.97. The molecule has 0 spiro atoms. The molecule has 0 saturated carbocycles. The number of aliphatic imine (C=N–C) groups is 1. The molecule has 1 saturated heterocycles. The number of guanidine groups is 1. The van der Waals surface area contributed by atoms with E-state index in [2.05, 4.69) is 36.5 Å². The summed E-state index contributed by atoms with van der Waals surface area (Å²) in [7, 11) is 1.79. The van der Waals surface area contributed by atoms with Gasteiger partial charge in [-0.1, -0.05) is 30.3 Å². The number of anilines is 1. The first kappa shape index (κ1) is 25.2. The molecule has 0 radical (unpaired) electrons. The number of rotatable bonds is 7. The average Bonchev–Trinajstić information content (AvgIpc) is 2.84. The lowest BCUT2D eigenvalue weighted by Gasteiger charge is -2.36. The van der Waals surface area contributed by atoms with E-state index in [0.29, 0.717) is 12.2 Å². The summed E-state index contributed by atoms with van der Waals surface area (Å²) in [6.45, 7) is 6.19. The van der Waals surface area contributed by atoms with Crippen LogP contribution in [0.15, 0.2) is 65.8 Å². The first-order chi connectivity index (χ1) is 15.7. The lowest BCUT2D eigenvalue weighted by atomic mass is 10.1. The quantitative estimate of drug-likeness (QED) is 0.198. The maximum atomic E-state index is 14.0. The Morgan fingerprint density at radius 2 is 1.76 bits per heavy atom. The Morgan fingerprint density at radius 1 is 1.00 bits per heavy atom. The van der Waals surface area contributed by atoms with Crippen LogP contribution >= 0.6 is 24.0 Å². The second kappa shape index (κ2) is 12.7. The maximum Gasteiger partial charge on any atom is 0.191 e. The fraction of sp³-hybridized carbons (Fsp3) is 0.360. The van der Waals surface area contributed by atoms with Gasteiger partial charge in [0.15, 0.2) is 5.96 Å². The number of para-hydroxylation sites is 2. The number of fused-ring (bicyclic) bond motifs is 1.